The van der Waals surface area contributed by atoms with E-state index in [0.29, 0.717) is 17.7 Å². The number of carboxylic acids is 1. The first kappa shape index (κ1) is 13.1. The topological polar surface area (TPSA) is 63.3 Å². The van der Waals surface area contributed by atoms with E-state index in [1.54, 1.807) is 36.4 Å². The molecule has 0 fully saturated rings. The van der Waals surface area contributed by atoms with E-state index >= 15 is 0 Å². The number of hydrogen-bond donors (Lipinski definition) is 2. The van der Waals surface area contributed by atoms with E-state index in [-0.39, 0.29) is 5.82 Å². The summed E-state index contributed by atoms with van der Waals surface area (Å²) in [6, 6.07) is 12.6. The van der Waals surface area contributed by atoms with Crippen LogP contribution in [0.1, 0.15) is 17.0 Å². The van der Waals surface area contributed by atoms with Crippen molar-refractivity contribution < 1.29 is 14.3 Å². The van der Waals surface area contributed by atoms with E-state index in [1.807, 2.05) is 0 Å². The molecule has 0 radical (unpaired) electrons. The van der Waals surface area contributed by atoms with Gasteiger partial charge in [-0.15, -0.1) is 0 Å². The van der Waals surface area contributed by atoms with Crippen molar-refractivity contribution in [1.82, 2.24) is 0 Å². The Morgan fingerprint density at radius 2 is 1.68 bits per heavy atom. The molecule has 0 aliphatic rings. The average Bonchev–Trinajstić information content (AvgIpc) is 2.39. The number of aliphatic carboxylic acids is 1. The van der Waals surface area contributed by atoms with E-state index in [2.05, 4.69) is 0 Å². The summed E-state index contributed by atoms with van der Waals surface area (Å²) in [5, 5.41) is 9.31. The van der Waals surface area contributed by atoms with E-state index in [0.717, 1.165) is 5.56 Å². The summed E-state index contributed by atoms with van der Waals surface area (Å²) in [6.07, 6.45) is 0.319. The Bertz CT molecular complexity index is 564. The zero-order valence-corrected chi connectivity index (χ0v) is 10.2. The minimum atomic E-state index is -0.908. The molecule has 2 rings (SSSR count). The molecule has 0 aromatic heterocycles. The molecule has 0 aliphatic heterocycles. The summed E-state index contributed by atoms with van der Waals surface area (Å²) in [6.45, 7) is 0. The highest BCUT2D eigenvalue weighted by molar-refractivity contribution is 5.76. The third-order valence-electron chi connectivity index (χ3n) is 2.99. The third-order valence-corrected chi connectivity index (χ3v) is 2.99. The molecule has 0 saturated heterocycles. The Hall–Kier alpha value is -2.36. The predicted octanol–water partition coefficient (Wildman–Crippen LogP) is 2.82. The number of rotatable bonds is 4. The van der Waals surface area contributed by atoms with Crippen molar-refractivity contribution in [2.45, 2.75) is 12.3 Å². The van der Waals surface area contributed by atoms with Gasteiger partial charge in [0.25, 0.3) is 0 Å². The van der Waals surface area contributed by atoms with Gasteiger partial charge in [0.1, 0.15) is 5.82 Å². The van der Waals surface area contributed by atoms with Crippen LogP contribution >= 0.6 is 0 Å². The molecule has 4 heteroatoms. The SMILES string of the molecule is Nc1ccc(C(Cc2ccc(F)cc2)C(=O)O)cc1. The standard InChI is InChI=1S/C15H14FNO2/c16-12-5-1-10(2-6-12)9-14(15(18)19)11-3-7-13(17)8-4-11/h1-8,14H,9,17H2,(H,18,19). The zero-order chi connectivity index (χ0) is 13.8. The van der Waals surface area contributed by atoms with E-state index in [4.69, 9.17) is 5.73 Å². The molecule has 2 aromatic rings. The van der Waals surface area contributed by atoms with Crippen molar-refractivity contribution in [3.63, 3.8) is 0 Å². The number of nitrogens with two attached hydrogens (primary N) is 1. The third kappa shape index (κ3) is 3.31. The van der Waals surface area contributed by atoms with E-state index in [1.165, 1.54) is 12.1 Å². The van der Waals surface area contributed by atoms with Crippen LogP contribution in [-0.2, 0) is 11.2 Å². The Labute approximate surface area is 110 Å². The molecule has 0 spiro atoms. The van der Waals surface area contributed by atoms with Crippen LogP contribution in [0.15, 0.2) is 48.5 Å². The average molecular weight is 259 g/mol. The minimum absolute atomic E-state index is 0.319. The fraction of sp³-hybridized carbons (Fsp3) is 0.133. The Morgan fingerprint density at radius 1 is 1.11 bits per heavy atom. The Morgan fingerprint density at radius 3 is 2.21 bits per heavy atom. The van der Waals surface area contributed by atoms with Crippen molar-refractivity contribution in [3.8, 4) is 0 Å². The van der Waals surface area contributed by atoms with Crippen molar-refractivity contribution in [2.24, 2.45) is 0 Å². The van der Waals surface area contributed by atoms with Crippen molar-refractivity contribution in [2.75, 3.05) is 5.73 Å². The van der Waals surface area contributed by atoms with Crippen LogP contribution < -0.4 is 5.73 Å². The van der Waals surface area contributed by atoms with Gasteiger partial charge in [-0.1, -0.05) is 24.3 Å². The molecule has 0 amide bonds. The van der Waals surface area contributed by atoms with Crippen LogP contribution in [0, 0.1) is 5.82 Å². The molecule has 2 aromatic carbocycles. The quantitative estimate of drug-likeness (QED) is 0.830. The second-order valence-electron chi connectivity index (χ2n) is 4.39. The smallest absolute Gasteiger partial charge is 0.311 e. The van der Waals surface area contributed by atoms with Gasteiger partial charge in [-0.2, -0.15) is 0 Å². The molecule has 0 bridgehead atoms. The highest BCUT2D eigenvalue weighted by atomic mass is 19.1. The van der Waals surface area contributed by atoms with Gasteiger partial charge in [0, 0.05) is 5.69 Å². The first-order valence-electron chi connectivity index (χ1n) is 5.89. The number of benzene rings is 2. The predicted molar refractivity (Wildman–Crippen MR) is 71.3 cm³/mol. The van der Waals surface area contributed by atoms with E-state index < -0.39 is 11.9 Å². The molecule has 0 aliphatic carbocycles. The summed E-state index contributed by atoms with van der Waals surface area (Å²) in [4.78, 5) is 11.4. The van der Waals surface area contributed by atoms with Crippen molar-refractivity contribution in [3.05, 3.63) is 65.5 Å². The lowest BCUT2D eigenvalue weighted by Gasteiger charge is -2.13. The van der Waals surface area contributed by atoms with Crippen LogP contribution in [0.25, 0.3) is 0 Å². The van der Waals surface area contributed by atoms with Gasteiger partial charge in [-0.05, 0) is 41.8 Å². The number of anilines is 1. The molecule has 3 nitrogen and oxygen atoms in total. The van der Waals surface area contributed by atoms with E-state index in [9.17, 15) is 14.3 Å². The van der Waals surface area contributed by atoms with Crippen LogP contribution in [0.5, 0.6) is 0 Å². The number of hydrogen-bond acceptors (Lipinski definition) is 2. The largest absolute Gasteiger partial charge is 0.481 e. The van der Waals surface area contributed by atoms with Gasteiger partial charge < -0.3 is 10.8 Å². The Balaban J connectivity index is 2.23. The molecule has 1 atom stereocenters. The van der Waals surface area contributed by atoms with Crippen molar-refractivity contribution >= 4 is 11.7 Å². The molecule has 3 N–H and O–H groups in total. The van der Waals surface area contributed by atoms with Crippen LogP contribution in [-0.4, -0.2) is 11.1 Å². The van der Waals surface area contributed by atoms with Gasteiger partial charge in [-0.25, -0.2) is 4.39 Å². The summed E-state index contributed by atoms with van der Waals surface area (Å²) in [5.74, 6) is -1.90. The number of carbonyl (C=O) groups is 1. The first-order chi connectivity index (χ1) is 9.06. The molecule has 0 saturated carbocycles. The first-order valence-corrected chi connectivity index (χ1v) is 5.89. The van der Waals surface area contributed by atoms with Gasteiger partial charge in [0.05, 0.1) is 5.92 Å². The second-order valence-corrected chi connectivity index (χ2v) is 4.39. The Kier molecular flexibility index (Phi) is 3.80. The van der Waals surface area contributed by atoms with Crippen LogP contribution in [0.3, 0.4) is 0 Å². The maximum Gasteiger partial charge on any atom is 0.311 e. The fourth-order valence-corrected chi connectivity index (χ4v) is 1.93. The summed E-state index contributed by atoms with van der Waals surface area (Å²) in [7, 11) is 0. The minimum Gasteiger partial charge on any atom is -0.481 e. The highest BCUT2D eigenvalue weighted by Gasteiger charge is 2.20. The highest BCUT2D eigenvalue weighted by Crippen LogP contribution is 2.22. The lowest BCUT2D eigenvalue weighted by Crippen LogP contribution is -2.14. The van der Waals surface area contributed by atoms with Gasteiger partial charge in [0.2, 0.25) is 0 Å². The van der Waals surface area contributed by atoms with Crippen LogP contribution in [0.2, 0.25) is 0 Å². The van der Waals surface area contributed by atoms with Crippen LogP contribution in [0.4, 0.5) is 10.1 Å². The lowest BCUT2D eigenvalue weighted by atomic mass is 9.92. The normalized spacial score (nSPS) is 12.1. The summed E-state index contributed by atoms with van der Waals surface area (Å²) in [5.41, 5.74) is 7.64. The van der Waals surface area contributed by atoms with Gasteiger partial charge in [0.15, 0.2) is 0 Å². The summed E-state index contributed by atoms with van der Waals surface area (Å²) < 4.78 is 12.8. The maximum atomic E-state index is 12.8. The number of carboxylic acid groups (broad SMARTS) is 1. The van der Waals surface area contributed by atoms with Crippen molar-refractivity contribution in [1.29, 1.82) is 0 Å². The number of nitrogen functional groups attached to an aromatic ring is 1. The zero-order valence-electron chi connectivity index (χ0n) is 10.2. The van der Waals surface area contributed by atoms with Gasteiger partial charge >= 0.3 is 5.97 Å². The van der Waals surface area contributed by atoms with Gasteiger partial charge in [-0.3, -0.25) is 4.79 Å². The second kappa shape index (κ2) is 5.52. The number of halogens is 1. The molecular weight excluding hydrogens is 245 g/mol. The maximum absolute atomic E-state index is 12.8. The monoisotopic (exact) mass is 259 g/mol. The molecule has 19 heavy (non-hydrogen) atoms. The lowest BCUT2D eigenvalue weighted by molar-refractivity contribution is -0.138. The molecular formula is C15H14FNO2. The molecule has 0 heterocycles. The summed E-state index contributed by atoms with van der Waals surface area (Å²) >= 11 is 0. The molecule has 1 unspecified atom stereocenters. The molecule has 98 valence electrons. The fourth-order valence-electron chi connectivity index (χ4n) is 1.93.